The van der Waals surface area contributed by atoms with Crippen LogP contribution in [0.5, 0.6) is 0 Å². The third-order valence-electron chi connectivity index (χ3n) is 2.08. The van der Waals surface area contributed by atoms with Crippen LogP contribution in [0.25, 0.3) is 11.1 Å². The van der Waals surface area contributed by atoms with E-state index in [1.54, 1.807) is 10.3 Å². The third kappa shape index (κ3) is 1.65. The molecule has 1 aromatic heterocycles. The van der Waals surface area contributed by atoms with E-state index < -0.39 is 0 Å². The highest BCUT2D eigenvalue weighted by molar-refractivity contribution is 7.68. The second-order valence-electron chi connectivity index (χ2n) is 2.97. The van der Waals surface area contributed by atoms with Crippen LogP contribution < -0.4 is 4.74 Å². The van der Waals surface area contributed by atoms with E-state index in [-0.39, 0.29) is 4.74 Å². The molecule has 72 valence electrons. The fourth-order valence-corrected chi connectivity index (χ4v) is 3.76. The van der Waals surface area contributed by atoms with Crippen molar-refractivity contribution in [3.63, 3.8) is 0 Å². The predicted molar refractivity (Wildman–Crippen MR) is 63.3 cm³/mol. The van der Waals surface area contributed by atoms with Gasteiger partial charge < -0.3 is 0 Å². The van der Waals surface area contributed by atoms with Crippen LogP contribution in [0.1, 0.15) is 11.8 Å². The second-order valence-corrected chi connectivity index (χ2v) is 5.17. The summed E-state index contributed by atoms with van der Waals surface area (Å²) in [6.07, 6.45) is 0.938. The standard InChI is InChI=1S/C11H10OS2/c1-2-9-10(11(12)14-13-9)8-6-4-3-5-7-8/h3-7H,2H2,1H3. The molecule has 0 spiro atoms. The smallest absolute Gasteiger partial charge is 0.251 e. The number of aryl methyl sites for hydroxylation is 1. The number of hydrogen-bond donors (Lipinski definition) is 0. The van der Waals surface area contributed by atoms with Crippen LogP contribution in [0.3, 0.4) is 0 Å². The molecule has 0 atom stereocenters. The largest absolute Gasteiger partial charge is 0.276 e. The molecule has 2 aromatic rings. The molecule has 14 heavy (non-hydrogen) atoms. The van der Waals surface area contributed by atoms with E-state index in [2.05, 4.69) is 6.92 Å². The van der Waals surface area contributed by atoms with Crippen LogP contribution in [0.2, 0.25) is 0 Å². The third-order valence-corrected chi connectivity index (χ3v) is 4.52. The summed E-state index contributed by atoms with van der Waals surface area (Å²) in [5.41, 5.74) is 1.95. The van der Waals surface area contributed by atoms with E-state index in [1.165, 1.54) is 15.2 Å². The van der Waals surface area contributed by atoms with E-state index in [1.807, 2.05) is 30.3 Å². The summed E-state index contributed by atoms with van der Waals surface area (Å²) in [6, 6.07) is 9.90. The molecule has 0 aliphatic carbocycles. The average molecular weight is 222 g/mol. The molecule has 0 bridgehead atoms. The van der Waals surface area contributed by atoms with Crippen molar-refractivity contribution in [1.82, 2.24) is 0 Å². The zero-order valence-corrected chi connectivity index (χ0v) is 9.45. The fourth-order valence-electron chi connectivity index (χ4n) is 1.40. The minimum absolute atomic E-state index is 0.193. The van der Waals surface area contributed by atoms with Gasteiger partial charge in [0.15, 0.2) is 0 Å². The van der Waals surface area contributed by atoms with E-state index >= 15 is 0 Å². The number of rotatable bonds is 2. The van der Waals surface area contributed by atoms with E-state index in [0.29, 0.717) is 0 Å². The van der Waals surface area contributed by atoms with Crippen molar-refractivity contribution >= 4 is 20.7 Å². The Kier molecular flexibility index (Phi) is 2.79. The summed E-state index contributed by atoms with van der Waals surface area (Å²) in [4.78, 5) is 12.8. The maximum Gasteiger partial charge on any atom is 0.251 e. The quantitative estimate of drug-likeness (QED) is 0.712. The van der Waals surface area contributed by atoms with Gasteiger partial charge in [-0.25, -0.2) is 0 Å². The van der Waals surface area contributed by atoms with Gasteiger partial charge >= 0.3 is 0 Å². The van der Waals surface area contributed by atoms with Gasteiger partial charge in [-0.2, -0.15) is 0 Å². The average Bonchev–Trinajstić information content (AvgIpc) is 2.61. The minimum Gasteiger partial charge on any atom is -0.276 e. The minimum atomic E-state index is 0.193. The topological polar surface area (TPSA) is 17.1 Å². The van der Waals surface area contributed by atoms with Gasteiger partial charge in [-0.1, -0.05) is 47.6 Å². The maximum absolute atomic E-state index is 11.6. The lowest BCUT2D eigenvalue weighted by molar-refractivity contribution is 1.19. The number of benzene rings is 1. The summed E-state index contributed by atoms with van der Waals surface area (Å²) in [5.74, 6) is 0. The lowest BCUT2D eigenvalue weighted by atomic mass is 10.1. The molecule has 0 aliphatic heterocycles. The molecule has 0 N–H and O–H groups in total. The molecular formula is C11H10OS2. The molecule has 1 heterocycles. The van der Waals surface area contributed by atoms with Gasteiger partial charge in [0.05, 0.1) is 5.56 Å². The fraction of sp³-hybridized carbons (Fsp3) is 0.182. The molecule has 1 aromatic carbocycles. The van der Waals surface area contributed by atoms with E-state index in [0.717, 1.165) is 17.5 Å². The monoisotopic (exact) mass is 222 g/mol. The van der Waals surface area contributed by atoms with Gasteiger partial charge in [-0.05, 0) is 22.3 Å². The molecule has 0 amide bonds. The Morgan fingerprint density at radius 3 is 2.50 bits per heavy atom. The van der Waals surface area contributed by atoms with Crippen LogP contribution >= 0.6 is 20.7 Å². The molecule has 0 radical (unpaired) electrons. The predicted octanol–water partition coefficient (Wildman–Crippen LogP) is 3.40. The van der Waals surface area contributed by atoms with Crippen molar-refractivity contribution in [3.05, 3.63) is 44.7 Å². The second kappa shape index (κ2) is 4.07. The Morgan fingerprint density at radius 1 is 1.14 bits per heavy atom. The van der Waals surface area contributed by atoms with Gasteiger partial charge in [0.2, 0.25) is 0 Å². The van der Waals surface area contributed by atoms with Crippen molar-refractivity contribution in [3.8, 4) is 11.1 Å². The SMILES string of the molecule is CCc1ssc(=O)c1-c1ccccc1. The Morgan fingerprint density at radius 2 is 1.86 bits per heavy atom. The molecule has 1 nitrogen and oxygen atoms in total. The van der Waals surface area contributed by atoms with Gasteiger partial charge in [-0.15, -0.1) is 0 Å². The molecule has 0 unspecified atom stereocenters. The van der Waals surface area contributed by atoms with Gasteiger partial charge in [-0.3, -0.25) is 4.79 Å². The van der Waals surface area contributed by atoms with Crippen molar-refractivity contribution in [1.29, 1.82) is 0 Å². The van der Waals surface area contributed by atoms with Crippen molar-refractivity contribution < 1.29 is 0 Å². The van der Waals surface area contributed by atoms with Crippen molar-refractivity contribution in [2.24, 2.45) is 0 Å². The first kappa shape index (κ1) is 9.62. The summed E-state index contributed by atoms with van der Waals surface area (Å²) < 4.78 is 0.193. The molecule has 0 fully saturated rings. The maximum atomic E-state index is 11.6. The van der Waals surface area contributed by atoms with Crippen molar-refractivity contribution in [2.45, 2.75) is 13.3 Å². The molecular weight excluding hydrogens is 212 g/mol. The zero-order valence-electron chi connectivity index (χ0n) is 7.82. The first-order valence-corrected chi connectivity index (χ1v) is 6.65. The normalized spacial score (nSPS) is 10.4. The summed E-state index contributed by atoms with van der Waals surface area (Å²) in [7, 11) is 2.94. The lowest BCUT2D eigenvalue weighted by Crippen LogP contribution is -1.95. The molecule has 0 saturated heterocycles. The van der Waals surface area contributed by atoms with Crippen LogP contribution in [0, 0.1) is 0 Å². The highest BCUT2D eigenvalue weighted by atomic mass is 32.9. The van der Waals surface area contributed by atoms with Crippen LogP contribution in [-0.2, 0) is 6.42 Å². The van der Waals surface area contributed by atoms with Gasteiger partial charge in [0.25, 0.3) is 4.74 Å². The molecule has 3 heteroatoms. The molecule has 0 saturated carbocycles. The Labute approximate surface area is 90.1 Å². The Bertz CT molecular complexity index is 468. The summed E-state index contributed by atoms with van der Waals surface area (Å²) in [5, 5.41) is 0. The highest BCUT2D eigenvalue weighted by Gasteiger charge is 2.10. The Hall–Kier alpha value is -0.930. The van der Waals surface area contributed by atoms with E-state index in [4.69, 9.17) is 0 Å². The summed E-state index contributed by atoms with van der Waals surface area (Å²) >= 11 is 0. The number of hydrogen-bond acceptors (Lipinski definition) is 3. The highest BCUT2D eigenvalue weighted by Crippen LogP contribution is 2.26. The van der Waals surface area contributed by atoms with Gasteiger partial charge in [0, 0.05) is 4.88 Å². The first-order chi connectivity index (χ1) is 6.83. The molecule has 0 aliphatic rings. The van der Waals surface area contributed by atoms with Crippen LogP contribution in [0.15, 0.2) is 35.1 Å². The van der Waals surface area contributed by atoms with Crippen LogP contribution in [-0.4, -0.2) is 0 Å². The zero-order chi connectivity index (χ0) is 9.97. The molecule has 2 rings (SSSR count). The van der Waals surface area contributed by atoms with Crippen molar-refractivity contribution in [2.75, 3.05) is 0 Å². The van der Waals surface area contributed by atoms with E-state index in [9.17, 15) is 4.79 Å². The first-order valence-electron chi connectivity index (χ1n) is 4.50. The Balaban J connectivity index is 2.61. The summed E-state index contributed by atoms with van der Waals surface area (Å²) in [6.45, 7) is 2.09. The van der Waals surface area contributed by atoms with Crippen LogP contribution in [0.4, 0.5) is 0 Å². The van der Waals surface area contributed by atoms with Gasteiger partial charge in [0.1, 0.15) is 0 Å². The lowest BCUT2D eigenvalue weighted by Gasteiger charge is -1.98.